The van der Waals surface area contributed by atoms with Crippen molar-refractivity contribution in [1.29, 1.82) is 0 Å². The predicted octanol–water partition coefficient (Wildman–Crippen LogP) is 4.35. The zero-order valence-electron chi connectivity index (χ0n) is 36.5. The fourth-order valence-electron chi connectivity index (χ4n) is 8.41. The van der Waals surface area contributed by atoms with Crippen LogP contribution < -0.4 is 10.1 Å². The summed E-state index contributed by atoms with van der Waals surface area (Å²) in [4.78, 5) is 42.9. The Kier molecular flexibility index (Phi) is 14.3. The maximum absolute atomic E-state index is 14.5. The minimum absolute atomic E-state index is 0.0186. The van der Waals surface area contributed by atoms with Crippen LogP contribution in [0.3, 0.4) is 0 Å². The number of amides is 1. The minimum Gasteiger partial charge on any atom is -0.507 e. The number of fused-ring (bicyclic) bond motifs is 14. The van der Waals surface area contributed by atoms with Crippen molar-refractivity contribution in [1.82, 2.24) is 14.9 Å². The fraction of sp³-hybridized carbons (Fsp3) is 0.568. The number of rotatable bonds is 5. The summed E-state index contributed by atoms with van der Waals surface area (Å²) in [6.45, 7) is 15.5. The molecule has 1 fully saturated rings. The van der Waals surface area contributed by atoms with Gasteiger partial charge in [-0.25, -0.2) is 10.0 Å². The number of nitrogens with one attached hydrogen (secondary N) is 1. The number of nitrogens with zero attached hydrogens (tertiary/aromatic N) is 3. The van der Waals surface area contributed by atoms with Gasteiger partial charge in [0, 0.05) is 106 Å². The van der Waals surface area contributed by atoms with E-state index in [-0.39, 0.29) is 51.0 Å². The monoisotopic (exact) mass is 838 g/mol. The third-order valence-electron chi connectivity index (χ3n) is 12.4. The van der Waals surface area contributed by atoms with Crippen LogP contribution in [0, 0.1) is 30.6 Å². The highest BCUT2D eigenvalue weighted by molar-refractivity contribution is 6.22. The molecule has 2 aromatic rings. The Morgan fingerprint density at radius 1 is 0.950 bits per heavy atom. The number of aliphatic hydroxyl groups is 2. The molecule has 0 radical (unpaired) electrons. The summed E-state index contributed by atoms with van der Waals surface area (Å²) in [5, 5.41) is 65.1. The molecule has 4 heterocycles. The first-order valence-corrected chi connectivity index (χ1v) is 20.4. The van der Waals surface area contributed by atoms with Crippen LogP contribution in [0.4, 0.5) is 5.69 Å². The average molecular weight is 839 g/mol. The number of allylic oxidation sites excluding steroid dienone is 2. The van der Waals surface area contributed by atoms with Crippen molar-refractivity contribution in [2.45, 2.75) is 92.1 Å². The highest BCUT2D eigenvalue weighted by Crippen LogP contribution is 2.55. The maximum atomic E-state index is 14.5. The number of carbonyl (C=O) groups is 3. The second-order valence-electron chi connectivity index (χ2n) is 16.8. The first kappa shape index (κ1) is 46.4. The lowest BCUT2D eigenvalue weighted by Gasteiger charge is -2.38. The number of piperazine rings is 1. The van der Waals surface area contributed by atoms with Gasteiger partial charge in [-0.3, -0.25) is 14.4 Å². The number of hydrazine groups is 1. The molecule has 9 atom stereocenters. The van der Waals surface area contributed by atoms with Crippen LogP contribution in [0.1, 0.15) is 70.0 Å². The van der Waals surface area contributed by atoms with Gasteiger partial charge in [-0.15, -0.1) is 0 Å². The number of Topliss-reactive ketones (excluding diaryl/α,β-unsaturated/α-hetero) is 1. The number of aliphatic hydroxyl groups excluding tert-OH is 2. The van der Waals surface area contributed by atoms with E-state index in [9.17, 15) is 39.9 Å². The summed E-state index contributed by atoms with van der Waals surface area (Å²) in [6, 6.07) is 0. The lowest BCUT2D eigenvalue weighted by Crippen LogP contribution is -2.51. The van der Waals surface area contributed by atoms with E-state index in [0.29, 0.717) is 13.1 Å². The van der Waals surface area contributed by atoms with Gasteiger partial charge >= 0.3 is 11.8 Å². The molecule has 0 aromatic heterocycles. The van der Waals surface area contributed by atoms with Crippen LogP contribution in [-0.4, -0.2) is 136 Å². The molecule has 6 N–H and O–H groups in total. The van der Waals surface area contributed by atoms with Crippen molar-refractivity contribution in [2.75, 3.05) is 52.7 Å². The smallest absolute Gasteiger partial charge is 0.312 e. The Bertz CT molecular complexity index is 2060. The van der Waals surface area contributed by atoms with Gasteiger partial charge in [0.2, 0.25) is 0 Å². The number of carbonyl (C=O) groups excluding carboxylic acids is 3. The number of phenolic OH excluding ortho intramolecular Hbond substituents is 3. The van der Waals surface area contributed by atoms with Gasteiger partial charge in [0.1, 0.15) is 23.4 Å². The SMILES string of the molecule is CO[C@H]1/C=C/O[C@@]2(C)Oc3c(C)c(O)c4c(O)c(c(CN(C)N5CCN(C)CC5)c(O)c4c3C2=O)NC(=O)/C(C)=C/C=C/[C@H](C)[C@H](O)[C@@H](C)[C@@H](O)[C@@H](C)[C@H](OC(C)=O)[C@@H]1C. The van der Waals surface area contributed by atoms with Crippen LogP contribution in [-0.2, 0) is 30.3 Å². The number of ether oxygens (including phenoxy) is 4. The molecule has 4 aliphatic rings. The third kappa shape index (κ3) is 8.99. The molecule has 0 spiro atoms. The van der Waals surface area contributed by atoms with E-state index in [1.807, 2.05) is 19.1 Å². The summed E-state index contributed by atoms with van der Waals surface area (Å²) in [5.41, 5.74) is 0.0617. The van der Waals surface area contributed by atoms with E-state index in [1.54, 1.807) is 46.8 Å². The second kappa shape index (κ2) is 18.5. The number of ketones is 1. The molecule has 5 bridgehead atoms. The zero-order valence-corrected chi connectivity index (χ0v) is 36.5. The molecular formula is C44H62N4O12. The number of hydrogen-bond donors (Lipinski definition) is 6. The zero-order chi connectivity index (χ0) is 44.5. The van der Waals surface area contributed by atoms with Crippen molar-refractivity contribution in [3.05, 3.63) is 52.8 Å². The second-order valence-corrected chi connectivity index (χ2v) is 16.8. The quantitative estimate of drug-likeness (QED) is 0.141. The van der Waals surface area contributed by atoms with Gasteiger partial charge in [0.25, 0.3) is 11.7 Å². The Hall–Kier alpha value is -4.71. The highest BCUT2D eigenvalue weighted by atomic mass is 16.7. The third-order valence-corrected chi connectivity index (χ3v) is 12.4. The van der Waals surface area contributed by atoms with Crippen molar-refractivity contribution in [3.63, 3.8) is 0 Å². The molecule has 1 amide bonds. The van der Waals surface area contributed by atoms with E-state index in [1.165, 1.54) is 46.3 Å². The molecule has 0 aliphatic carbocycles. The van der Waals surface area contributed by atoms with Crippen molar-refractivity contribution in [3.8, 4) is 23.0 Å². The molecule has 16 heteroatoms. The molecule has 330 valence electrons. The fourth-order valence-corrected chi connectivity index (χ4v) is 8.41. The van der Waals surface area contributed by atoms with Crippen LogP contribution in [0.5, 0.6) is 23.0 Å². The van der Waals surface area contributed by atoms with Crippen LogP contribution in [0.15, 0.2) is 36.1 Å². The average Bonchev–Trinajstić information content (AvgIpc) is 3.47. The topological polar surface area (TPSA) is 211 Å². The molecule has 16 nitrogen and oxygen atoms in total. The summed E-state index contributed by atoms with van der Waals surface area (Å²) >= 11 is 0. The van der Waals surface area contributed by atoms with Crippen LogP contribution in [0.2, 0.25) is 0 Å². The molecule has 6 rings (SSSR count). The number of likely N-dealkylation sites (N-methyl/N-ethyl adjacent to an activating group) is 1. The Morgan fingerprint density at radius 3 is 2.22 bits per heavy atom. The lowest BCUT2D eigenvalue weighted by atomic mass is 9.78. The predicted molar refractivity (Wildman–Crippen MR) is 224 cm³/mol. The minimum atomic E-state index is -2.03. The Balaban J connectivity index is 1.70. The largest absolute Gasteiger partial charge is 0.507 e. The number of esters is 1. The summed E-state index contributed by atoms with van der Waals surface area (Å²) in [6.07, 6.45) is 3.69. The number of methoxy groups -OCH3 is 1. The van der Waals surface area contributed by atoms with Gasteiger partial charge in [-0.05, 0) is 27.0 Å². The standard InChI is InChI=1S/C44H62N4O12/c1-22-13-12-14-23(2)43(56)45-34-29(21-47(10)48-18-16-46(9)17-19-48)38(53)31-32(39(34)54)37(52)27(6)41-33(31)42(55)44(8,60-41)58-20-15-30(57-11)24(3)40(59-28(7)49)26(5)36(51)25(4)35(22)50/h12-15,20,22,24-26,30,35-36,40,50-54H,16-19,21H2,1-11H3,(H,45,56)/b13-12+,20-15+,23-14+/t22-,24+,25+,26+,30-,35-,36+,40+,44-/m0/s1. The number of hydrogen-bond acceptors (Lipinski definition) is 15. The molecule has 2 aromatic carbocycles. The molecule has 1 saturated heterocycles. The van der Waals surface area contributed by atoms with Crippen molar-refractivity contribution in [2.24, 2.45) is 23.7 Å². The summed E-state index contributed by atoms with van der Waals surface area (Å²) in [5.74, 6) is -8.00. The first-order valence-electron chi connectivity index (χ1n) is 20.4. The van der Waals surface area contributed by atoms with E-state index < -0.39 is 88.8 Å². The van der Waals surface area contributed by atoms with Crippen LogP contribution >= 0.6 is 0 Å². The number of anilines is 1. The van der Waals surface area contributed by atoms with Crippen molar-refractivity contribution >= 4 is 34.1 Å². The van der Waals surface area contributed by atoms with E-state index in [0.717, 1.165) is 13.1 Å². The number of aromatic hydroxyl groups is 3. The Labute approximate surface area is 351 Å². The highest BCUT2D eigenvalue weighted by Gasteiger charge is 2.50. The number of benzene rings is 2. The number of phenols is 3. The van der Waals surface area contributed by atoms with E-state index in [4.69, 9.17) is 18.9 Å². The van der Waals surface area contributed by atoms with Gasteiger partial charge in [-0.2, -0.15) is 0 Å². The normalized spacial score (nSPS) is 32.0. The van der Waals surface area contributed by atoms with Crippen molar-refractivity contribution < 1.29 is 58.9 Å². The Morgan fingerprint density at radius 2 is 1.60 bits per heavy atom. The summed E-state index contributed by atoms with van der Waals surface area (Å²) < 4.78 is 23.7. The van der Waals surface area contributed by atoms with Gasteiger partial charge in [-0.1, -0.05) is 45.9 Å². The lowest BCUT2D eigenvalue weighted by molar-refractivity contribution is -0.160. The van der Waals surface area contributed by atoms with Gasteiger partial charge in [0.05, 0.1) is 41.2 Å². The summed E-state index contributed by atoms with van der Waals surface area (Å²) in [7, 11) is 5.28. The van der Waals surface area contributed by atoms with Gasteiger partial charge < -0.3 is 54.7 Å². The molecule has 0 saturated carbocycles. The van der Waals surface area contributed by atoms with E-state index >= 15 is 0 Å². The first-order chi connectivity index (χ1) is 28.1. The molecule has 60 heavy (non-hydrogen) atoms. The maximum Gasteiger partial charge on any atom is 0.312 e. The van der Waals surface area contributed by atoms with Crippen LogP contribution in [0.25, 0.3) is 10.8 Å². The van der Waals surface area contributed by atoms with E-state index in [2.05, 4.69) is 15.2 Å². The molecule has 0 unspecified atom stereocenters. The molecule has 4 aliphatic heterocycles. The molecular weight excluding hydrogens is 776 g/mol. The van der Waals surface area contributed by atoms with Gasteiger partial charge in [0.15, 0.2) is 5.75 Å².